The lowest BCUT2D eigenvalue weighted by Crippen LogP contribution is -2.35. The van der Waals surface area contributed by atoms with E-state index in [1.165, 1.54) is 0 Å². The number of hydrogen-bond donors (Lipinski definition) is 2. The van der Waals surface area contributed by atoms with Crippen LogP contribution < -0.4 is 15.5 Å². The van der Waals surface area contributed by atoms with E-state index < -0.39 is 12.0 Å². The zero-order valence-electron chi connectivity index (χ0n) is 21.2. The van der Waals surface area contributed by atoms with Crippen molar-refractivity contribution in [3.63, 3.8) is 0 Å². The van der Waals surface area contributed by atoms with Gasteiger partial charge < -0.3 is 24.5 Å². The molecule has 0 aliphatic carbocycles. The van der Waals surface area contributed by atoms with Crippen molar-refractivity contribution >= 4 is 28.4 Å². The number of benzene rings is 3. The van der Waals surface area contributed by atoms with E-state index in [4.69, 9.17) is 21.1 Å². The number of aromatic hydroxyl groups is 1. The van der Waals surface area contributed by atoms with Crippen LogP contribution in [-0.2, 0) is 24.4 Å². The largest absolute Gasteiger partial charge is 0.508 e. The lowest BCUT2D eigenvalue weighted by Gasteiger charge is -2.30. The second-order valence-electron chi connectivity index (χ2n) is 9.91. The SMILES string of the molecule is O=C(NCc1ccc(Cl)cc1)c1cn2c3c(cc(CN4CCOCC4)cc3c1=O)OC(c1cccc(O)c1)C2. The first-order valence-electron chi connectivity index (χ1n) is 12.9. The molecule has 0 bridgehead atoms. The molecule has 4 aromatic rings. The second-order valence-corrected chi connectivity index (χ2v) is 10.3. The molecular formula is C30H28ClN3O5. The van der Waals surface area contributed by atoms with Gasteiger partial charge in [0.1, 0.15) is 23.2 Å². The highest BCUT2D eigenvalue weighted by molar-refractivity contribution is 6.30. The number of aromatic nitrogens is 1. The van der Waals surface area contributed by atoms with Gasteiger partial charge in [-0.05, 0) is 53.1 Å². The average Bonchev–Trinajstić information content (AvgIpc) is 2.94. The second kappa shape index (κ2) is 10.7. The summed E-state index contributed by atoms with van der Waals surface area (Å²) in [6.45, 7) is 4.23. The van der Waals surface area contributed by atoms with Crippen molar-refractivity contribution < 1.29 is 19.4 Å². The molecule has 3 aromatic carbocycles. The normalized spacial score (nSPS) is 17.1. The number of phenols is 1. The lowest BCUT2D eigenvalue weighted by atomic mass is 10.0. The summed E-state index contributed by atoms with van der Waals surface area (Å²) in [5.41, 5.74) is 3.01. The number of morpholine rings is 1. The molecule has 1 aromatic heterocycles. The van der Waals surface area contributed by atoms with Crippen molar-refractivity contribution in [1.82, 2.24) is 14.8 Å². The predicted molar refractivity (Wildman–Crippen MR) is 148 cm³/mol. The van der Waals surface area contributed by atoms with Crippen LogP contribution in [0.4, 0.5) is 0 Å². The first-order valence-corrected chi connectivity index (χ1v) is 13.3. The van der Waals surface area contributed by atoms with Crippen LogP contribution >= 0.6 is 11.6 Å². The van der Waals surface area contributed by atoms with Gasteiger partial charge in [0.2, 0.25) is 5.43 Å². The Labute approximate surface area is 230 Å². The summed E-state index contributed by atoms with van der Waals surface area (Å²) in [6, 6.07) is 18.0. The van der Waals surface area contributed by atoms with Gasteiger partial charge in [-0.25, -0.2) is 0 Å². The molecule has 39 heavy (non-hydrogen) atoms. The molecule has 0 spiro atoms. The Balaban J connectivity index is 1.39. The molecule has 9 heteroatoms. The molecule has 1 unspecified atom stereocenters. The third-order valence-electron chi connectivity index (χ3n) is 7.19. The van der Waals surface area contributed by atoms with E-state index in [1.54, 1.807) is 36.5 Å². The van der Waals surface area contributed by atoms with Gasteiger partial charge in [0.15, 0.2) is 0 Å². The number of halogens is 1. The summed E-state index contributed by atoms with van der Waals surface area (Å²) in [5, 5.41) is 14.0. The molecule has 1 fully saturated rings. The van der Waals surface area contributed by atoms with Crippen LogP contribution in [0.5, 0.6) is 11.5 Å². The van der Waals surface area contributed by atoms with Gasteiger partial charge in [-0.15, -0.1) is 0 Å². The quantitative estimate of drug-likeness (QED) is 0.376. The zero-order chi connectivity index (χ0) is 26.9. The number of rotatable bonds is 6. The minimum Gasteiger partial charge on any atom is -0.508 e. The van der Waals surface area contributed by atoms with Crippen molar-refractivity contribution in [1.29, 1.82) is 0 Å². The first kappa shape index (κ1) is 25.4. The van der Waals surface area contributed by atoms with E-state index in [-0.39, 0.29) is 23.3 Å². The number of hydrogen-bond acceptors (Lipinski definition) is 6. The fourth-order valence-electron chi connectivity index (χ4n) is 5.21. The number of phenolic OH excluding ortho intramolecular Hbond substituents is 1. The molecule has 200 valence electrons. The van der Waals surface area contributed by atoms with Gasteiger partial charge in [0.05, 0.1) is 30.7 Å². The minimum atomic E-state index is -0.443. The molecule has 1 atom stereocenters. The van der Waals surface area contributed by atoms with Gasteiger partial charge >= 0.3 is 0 Å². The van der Waals surface area contributed by atoms with Crippen LogP contribution in [0.1, 0.15) is 33.2 Å². The van der Waals surface area contributed by atoms with Gasteiger partial charge in [-0.2, -0.15) is 0 Å². The summed E-state index contributed by atoms with van der Waals surface area (Å²) in [4.78, 5) is 29.3. The summed E-state index contributed by atoms with van der Waals surface area (Å²) < 4.78 is 13.8. The number of pyridine rings is 1. The molecule has 3 heterocycles. The fourth-order valence-corrected chi connectivity index (χ4v) is 5.34. The molecule has 0 radical (unpaired) electrons. The van der Waals surface area contributed by atoms with Gasteiger partial charge in [-0.1, -0.05) is 35.9 Å². The third-order valence-corrected chi connectivity index (χ3v) is 7.44. The highest BCUT2D eigenvalue weighted by atomic mass is 35.5. The molecule has 1 saturated heterocycles. The minimum absolute atomic E-state index is 0.0718. The summed E-state index contributed by atoms with van der Waals surface area (Å²) in [6.07, 6.45) is 1.21. The van der Waals surface area contributed by atoms with Crippen LogP contribution in [0.25, 0.3) is 10.9 Å². The monoisotopic (exact) mass is 545 g/mol. The lowest BCUT2D eigenvalue weighted by molar-refractivity contribution is 0.0341. The Morgan fingerprint density at radius 1 is 1.05 bits per heavy atom. The molecule has 1 amide bonds. The Bertz CT molecular complexity index is 1600. The average molecular weight is 546 g/mol. The predicted octanol–water partition coefficient (Wildman–Crippen LogP) is 4.26. The Morgan fingerprint density at radius 2 is 1.85 bits per heavy atom. The molecule has 0 saturated carbocycles. The van der Waals surface area contributed by atoms with E-state index in [1.807, 2.05) is 34.9 Å². The zero-order valence-corrected chi connectivity index (χ0v) is 22.0. The van der Waals surface area contributed by atoms with E-state index in [2.05, 4.69) is 10.2 Å². The molecular weight excluding hydrogens is 518 g/mol. The smallest absolute Gasteiger partial charge is 0.257 e. The Hall–Kier alpha value is -3.85. The van der Waals surface area contributed by atoms with Crippen molar-refractivity contribution in [2.24, 2.45) is 0 Å². The molecule has 2 N–H and O–H groups in total. The highest BCUT2D eigenvalue weighted by Crippen LogP contribution is 2.37. The summed E-state index contributed by atoms with van der Waals surface area (Å²) in [7, 11) is 0. The van der Waals surface area contributed by atoms with Gasteiger partial charge in [0, 0.05) is 37.4 Å². The fraction of sp³-hybridized carbons (Fsp3) is 0.267. The van der Waals surface area contributed by atoms with E-state index in [9.17, 15) is 14.7 Å². The van der Waals surface area contributed by atoms with Crippen LogP contribution in [0.3, 0.4) is 0 Å². The van der Waals surface area contributed by atoms with E-state index in [0.29, 0.717) is 48.0 Å². The molecule has 6 rings (SSSR count). The van der Waals surface area contributed by atoms with Crippen LogP contribution in [0.2, 0.25) is 5.02 Å². The number of amides is 1. The molecule has 8 nitrogen and oxygen atoms in total. The van der Waals surface area contributed by atoms with E-state index in [0.717, 1.165) is 29.8 Å². The maximum Gasteiger partial charge on any atom is 0.257 e. The number of ether oxygens (including phenoxy) is 2. The van der Waals surface area contributed by atoms with Crippen LogP contribution in [-0.4, -0.2) is 46.8 Å². The maximum absolute atomic E-state index is 13.7. The number of carbonyl (C=O) groups is 1. The third kappa shape index (κ3) is 5.36. The maximum atomic E-state index is 13.7. The van der Waals surface area contributed by atoms with Crippen molar-refractivity contribution in [2.75, 3.05) is 26.3 Å². The van der Waals surface area contributed by atoms with Crippen LogP contribution in [0.15, 0.2) is 71.7 Å². The Kier molecular flexibility index (Phi) is 6.99. The number of nitrogens with zero attached hydrogens (tertiary/aromatic N) is 2. The summed E-state index contributed by atoms with van der Waals surface area (Å²) in [5.74, 6) is 0.289. The van der Waals surface area contributed by atoms with Crippen LogP contribution in [0, 0.1) is 0 Å². The van der Waals surface area contributed by atoms with Crippen molar-refractivity contribution in [3.05, 3.63) is 104 Å². The van der Waals surface area contributed by atoms with Crippen molar-refractivity contribution in [2.45, 2.75) is 25.7 Å². The number of carbonyl (C=O) groups excluding carboxylic acids is 1. The molecule has 2 aliphatic heterocycles. The standard InChI is InChI=1S/C30H28ClN3O5/c31-22-6-4-19(5-7-22)15-32-30(37)25-17-34-18-27(21-2-1-3-23(35)14-21)39-26-13-20(12-24(28(26)34)29(25)36)16-33-8-10-38-11-9-33/h1-7,12-14,17,27,35H,8-11,15-16,18H2,(H,32,37). The van der Waals surface area contributed by atoms with Crippen molar-refractivity contribution in [3.8, 4) is 11.5 Å². The van der Waals surface area contributed by atoms with Gasteiger partial charge in [0.25, 0.3) is 5.91 Å². The summed E-state index contributed by atoms with van der Waals surface area (Å²) >= 11 is 5.97. The van der Waals surface area contributed by atoms with Gasteiger partial charge in [-0.3, -0.25) is 14.5 Å². The number of nitrogens with one attached hydrogen (secondary N) is 1. The first-order chi connectivity index (χ1) is 18.9. The molecule has 2 aliphatic rings. The Morgan fingerprint density at radius 3 is 2.62 bits per heavy atom. The topological polar surface area (TPSA) is 93.0 Å². The highest BCUT2D eigenvalue weighted by Gasteiger charge is 2.27. The van der Waals surface area contributed by atoms with E-state index >= 15 is 0 Å².